The Morgan fingerprint density at radius 3 is 1.81 bits per heavy atom. The van der Waals surface area contributed by atoms with Crippen LogP contribution in [-0.4, -0.2) is 23.5 Å². The maximum atomic E-state index is 13.7. The van der Waals surface area contributed by atoms with Gasteiger partial charge in [0, 0.05) is 0 Å². The number of ether oxygens (including phenoxy) is 1. The van der Waals surface area contributed by atoms with Crippen molar-refractivity contribution in [3.63, 3.8) is 0 Å². The number of halogens is 1. The number of carbonyl (C=O) groups excluding carboxylic acids is 2. The zero-order valence-corrected chi connectivity index (χ0v) is 14.3. The molecule has 0 saturated carbocycles. The van der Waals surface area contributed by atoms with Crippen LogP contribution in [-0.2, 0) is 15.1 Å². The number of aliphatic hydroxyl groups is 1. The van der Waals surface area contributed by atoms with Gasteiger partial charge in [-0.05, 0) is 23.3 Å². The van der Waals surface area contributed by atoms with Crippen molar-refractivity contribution in [1.29, 1.82) is 0 Å². The predicted octanol–water partition coefficient (Wildman–Crippen LogP) is 3.49. The minimum Gasteiger partial charge on any atom is -0.455 e. The van der Waals surface area contributed by atoms with E-state index in [9.17, 15) is 19.1 Å². The second kappa shape index (κ2) is 7.93. The first kappa shape index (κ1) is 18.5. The number of Topliss-reactive ketones (excluding diaryl/α,β-unsaturated/α-hetero) is 1. The van der Waals surface area contributed by atoms with Gasteiger partial charge in [0.1, 0.15) is 5.82 Å². The van der Waals surface area contributed by atoms with Crippen molar-refractivity contribution >= 4 is 11.8 Å². The van der Waals surface area contributed by atoms with Crippen LogP contribution in [0.3, 0.4) is 0 Å². The topological polar surface area (TPSA) is 63.6 Å². The number of hydrogen-bond acceptors (Lipinski definition) is 4. The van der Waals surface area contributed by atoms with Gasteiger partial charge in [0.2, 0.25) is 11.4 Å². The van der Waals surface area contributed by atoms with Gasteiger partial charge in [0.05, 0.1) is 5.56 Å². The molecule has 0 radical (unpaired) electrons. The molecule has 1 N–H and O–H groups in total. The molecule has 3 aromatic rings. The van der Waals surface area contributed by atoms with Gasteiger partial charge in [0.15, 0.2) is 6.61 Å². The summed E-state index contributed by atoms with van der Waals surface area (Å²) in [5.74, 6) is -2.39. The van der Waals surface area contributed by atoms with Gasteiger partial charge >= 0.3 is 5.97 Å². The Labute approximate surface area is 155 Å². The fourth-order valence-electron chi connectivity index (χ4n) is 2.76. The zero-order chi connectivity index (χ0) is 19.3. The van der Waals surface area contributed by atoms with Gasteiger partial charge in [-0.3, -0.25) is 4.79 Å². The Morgan fingerprint density at radius 2 is 1.30 bits per heavy atom. The molecule has 0 aliphatic rings. The molecule has 0 aliphatic heterocycles. The lowest BCUT2D eigenvalue weighted by Crippen LogP contribution is -2.39. The predicted molar refractivity (Wildman–Crippen MR) is 97.6 cm³/mol. The van der Waals surface area contributed by atoms with Gasteiger partial charge < -0.3 is 9.84 Å². The SMILES string of the molecule is O=C(COC(=O)C(O)(c1ccccc1)c1ccccc1)c1ccccc1F. The third-order valence-electron chi connectivity index (χ3n) is 4.19. The lowest BCUT2D eigenvalue weighted by molar-refractivity contribution is -0.160. The summed E-state index contributed by atoms with van der Waals surface area (Å²) in [6.07, 6.45) is 0. The van der Waals surface area contributed by atoms with Crippen LogP contribution in [0.25, 0.3) is 0 Å². The molecule has 3 rings (SSSR count). The van der Waals surface area contributed by atoms with E-state index < -0.39 is 29.8 Å². The molecule has 0 bridgehead atoms. The summed E-state index contributed by atoms with van der Waals surface area (Å²) in [6, 6.07) is 22.0. The minimum atomic E-state index is -2.09. The van der Waals surface area contributed by atoms with Crippen LogP contribution in [0.4, 0.5) is 4.39 Å². The van der Waals surface area contributed by atoms with Gasteiger partial charge in [-0.2, -0.15) is 0 Å². The van der Waals surface area contributed by atoms with Crippen LogP contribution in [0, 0.1) is 5.82 Å². The third kappa shape index (κ3) is 3.78. The molecule has 0 heterocycles. The molecule has 27 heavy (non-hydrogen) atoms. The highest BCUT2D eigenvalue weighted by atomic mass is 19.1. The number of esters is 1. The average Bonchev–Trinajstić information content (AvgIpc) is 2.72. The van der Waals surface area contributed by atoms with Gasteiger partial charge in [0.25, 0.3) is 0 Å². The van der Waals surface area contributed by atoms with E-state index in [1.165, 1.54) is 18.2 Å². The van der Waals surface area contributed by atoms with E-state index in [2.05, 4.69) is 0 Å². The third-order valence-corrected chi connectivity index (χ3v) is 4.19. The van der Waals surface area contributed by atoms with Crippen molar-refractivity contribution < 1.29 is 23.8 Å². The summed E-state index contributed by atoms with van der Waals surface area (Å²) < 4.78 is 18.8. The molecule has 0 fully saturated rings. The fraction of sp³-hybridized carbons (Fsp3) is 0.0909. The van der Waals surface area contributed by atoms with E-state index >= 15 is 0 Å². The monoisotopic (exact) mass is 364 g/mol. The second-order valence-corrected chi connectivity index (χ2v) is 5.92. The Bertz CT molecular complexity index is 899. The van der Waals surface area contributed by atoms with E-state index in [1.807, 2.05) is 0 Å². The summed E-state index contributed by atoms with van der Waals surface area (Å²) in [5.41, 5.74) is -1.65. The molecule has 4 nitrogen and oxygen atoms in total. The number of rotatable bonds is 6. The molecular formula is C22H17FO4. The van der Waals surface area contributed by atoms with Crippen LogP contribution in [0.5, 0.6) is 0 Å². The lowest BCUT2D eigenvalue weighted by atomic mass is 9.86. The Kier molecular flexibility index (Phi) is 5.43. The van der Waals surface area contributed by atoms with Crippen LogP contribution >= 0.6 is 0 Å². The smallest absolute Gasteiger partial charge is 0.348 e. The summed E-state index contributed by atoms with van der Waals surface area (Å²) >= 11 is 0. The largest absolute Gasteiger partial charge is 0.455 e. The molecule has 5 heteroatoms. The van der Waals surface area contributed by atoms with Crippen LogP contribution in [0.15, 0.2) is 84.9 Å². The minimum absolute atomic E-state index is 0.173. The number of hydrogen-bond donors (Lipinski definition) is 1. The van der Waals surface area contributed by atoms with Crippen molar-refractivity contribution in [2.24, 2.45) is 0 Å². The molecule has 0 unspecified atom stereocenters. The normalized spacial score (nSPS) is 11.0. The molecule has 0 spiro atoms. The Morgan fingerprint density at radius 1 is 0.815 bits per heavy atom. The van der Waals surface area contributed by atoms with E-state index in [0.29, 0.717) is 11.1 Å². The van der Waals surface area contributed by atoms with Crippen molar-refractivity contribution in [3.8, 4) is 0 Å². The molecule has 136 valence electrons. The highest BCUT2D eigenvalue weighted by Crippen LogP contribution is 2.31. The Hall–Kier alpha value is -3.31. The molecular weight excluding hydrogens is 347 g/mol. The van der Waals surface area contributed by atoms with E-state index in [1.54, 1.807) is 60.7 Å². The number of benzene rings is 3. The van der Waals surface area contributed by atoms with E-state index in [-0.39, 0.29) is 5.56 Å². The maximum absolute atomic E-state index is 13.7. The second-order valence-electron chi connectivity index (χ2n) is 5.92. The zero-order valence-electron chi connectivity index (χ0n) is 14.3. The van der Waals surface area contributed by atoms with Crippen LogP contribution < -0.4 is 0 Å². The Balaban J connectivity index is 1.87. The first-order valence-corrected chi connectivity index (χ1v) is 8.32. The van der Waals surface area contributed by atoms with Crippen molar-refractivity contribution in [2.45, 2.75) is 5.60 Å². The maximum Gasteiger partial charge on any atom is 0.348 e. The quantitative estimate of drug-likeness (QED) is 0.537. The molecule has 0 aliphatic carbocycles. The fourth-order valence-corrected chi connectivity index (χ4v) is 2.76. The summed E-state index contributed by atoms with van der Waals surface area (Å²) in [7, 11) is 0. The highest BCUT2D eigenvalue weighted by Gasteiger charge is 2.41. The van der Waals surface area contributed by atoms with Gasteiger partial charge in [-0.1, -0.05) is 72.8 Å². The average molecular weight is 364 g/mol. The molecule has 0 atom stereocenters. The van der Waals surface area contributed by atoms with Crippen LogP contribution in [0.2, 0.25) is 0 Å². The van der Waals surface area contributed by atoms with E-state index in [4.69, 9.17) is 4.74 Å². The van der Waals surface area contributed by atoms with Crippen LogP contribution in [0.1, 0.15) is 21.5 Å². The van der Waals surface area contributed by atoms with E-state index in [0.717, 1.165) is 6.07 Å². The first-order chi connectivity index (χ1) is 13.0. The number of carbonyl (C=O) groups is 2. The number of ketones is 1. The highest BCUT2D eigenvalue weighted by molar-refractivity contribution is 5.98. The molecule has 0 saturated heterocycles. The summed E-state index contributed by atoms with van der Waals surface area (Å²) in [4.78, 5) is 24.9. The van der Waals surface area contributed by atoms with Crippen molar-refractivity contribution in [1.82, 2.24) is 0 Å². The summed E-state index contributed by atoms with van der Waals surface area (Å²) in [6.45, 7) is -0.679. The van der Waals surface area contributed by atoms with Gasteiger partial charge in [-0.25, -0.2) is 9.18 Å². The van der Waals surface area contributed by atoms with Crippen molar-refractivity contribution in [2.75, 3.05) is 6.61 Å². The lowest BCUT2D eigenvalue weighted by Gasteiger charge is -2.26. The van der Waals surface area contributed by atoms with Crippen molar-refractivity contribution in [3.05, 3.63) is 107 Å². The van der Waals surface area contributed by atoms with Gasteiger partial charge in [-0.15, -0.1) is 0 Å². The molecule has 3 aromatic carbocycles. The summed E-state index contributed by atoms with van der Waals surface area (Å²) in [5, 5.41) is 11.2. The molecule has 0 aromatic heterocycles. The standard InChI is InChI=1S/C22H17FO4/c23-19-14-8-7-13-18(19)20(24)15-27-21(25)22(26,16-9-3-1-4-10-16)17-11-5-2-6-12-17/h1-14,26H,15H2. The molecule has 0 amide bonds. The first-order valence-electron chi connectivity index (χ1n) is 8.32.